The predicted molar refractivity (Wildman–Crippen MR) is 67.6 cm³/mol. The zero-order valence-corrected chi connectivity index (χ0v) is 10.6. The zero-order valence-electron chi connectivity index (χ0n) is 8.96. The third-order valence-corrected chi connectivity index (χ3v) is 4.48. The highest BCUT2D eigenvalue weighted by Gasteiger charge is 2.16. The average molecular weight is 244 g/mol. The molecule has 0 aliphatic carbocycles. The van der Waals surface area contributed by atoms with Crippen molar-refractivity contribution in [3.05, 3.63) is 29.3 Å². The lowest BCUT2D eigenvalue weighted by Crippen LogP contribution is -2.23. The van der Waals surface area contributed by atoms with Gasteiger partial charge in [0.25, 0.3) is 0 Å². The van der Waals surface area contributed by atoms with Crippen LogP contribution in [0.25, 0.3) is 0 Å². The Labute approximate surface area is 96.8 Å². The van der Waals surface area contributed by atoms with Crippen molar-refractivity contribution in [2.45, 2.75) is 13.8 Å². The van der Waals surface area contributed by atoms with E-state index in [-0.39, 0.29) is 5.65 Å². The van der Waals surface area contributed by atoms with Crippen molar-refractivity contribution < 1.29 is 4.79 Å². The van der Waals surface area contributed by atoms with Crippen LogP contribution in [0.3, 0.4) is 0 Å². The van der Waals surface area contributed by atoms with Gasteiger partial charge in [-0.15, -0.1) is 0 Å². The molecule has 15 heavy (non-hydrogen) atoms. The van der Waals surface area contributed by atoms with Crippen LogP contribution >= 0.6 is 19.5 Å². The number of amides is 1. The molecule has 1 rings (SSSR count). The summed E-state index contributed by atoms with van der Waals surface area (Å²) in [4.78, 5) is 11.7. The Hall–Kier alpha value is -0.590. The largest absolute Gasteiger partial charge is 0.353 e. The van der Waals surface area contributed by atoms with Gasteiger partial charge in [0.05, 0.1) is 0 Å². The van der Waals surface area contributed by atoms with Gasteiger partial charge in [0.15, 0.2) is 0 Å². The molecule has 0 aliphatic heterocycles. The zero-order chi connectivity index (χ0) is 11.3. The van der Waals surface area contributed by atoms with Gasteiger partial charge in [-0.1, -0.05) is 30.7 Å². The van der Waals surface area contributed by atoms with Gasteiger partial charge in [-0.2, -0.15) is 0 Å². The van der Waals surface area contributed by atoms with E-state index in [2.05, 4.69) is 5.32 Å². The summed E-state index contributed by atoms with van der Waals surface area (Å²) in [6.07, 6.45) is 0.864. The van der Waals surface area contributed by atoms with Gasteiger partial charge in [0, 0.05) is 19.5 Å². The molecule has 0 spiro atoms. The minimum atomic E-state index is -0.742. The van der Waals surface area contributed by atoms with Gasteiger partial charge in [-0.3, -0.25) is 4.79 Å². The second-order valence-electron chi connectivity index (χ2n) is 3.06. The molecular formula is C11H15ClNOP. The van der Waals surface area contributed by atoms with Gasteiger partial charge >= 0.3 is 0 Å². The summed E-state index contributed by atoms with van der Waals surface area (Å²) in [5.41, 5.74) is 0.150. The molecule has 0 bridgehead atoms. The molecule has 0 radical (unpaired) electrons. The number of halogens is 1. The quantitative estimate of drug-likeness (QED) is 0.809. The van der Waals surface area contributed by atoms with Crippen LogP contribution in [0.2, 0.25) is 5.02 Å². The maximum atomic E-state index is 11.7. The van der Waals surface area contributed by atoms with Crippen molar-refractivity contribution in [1.82, 2.24) is 5.32 Å². The molecule has 0 saturated heterocycles. The molecule has 1 unspecified atom stereocenters. The molecule has 0 fully saturated rings. The van der Waals surface area contributed by atoms with Crippen LogP contribution < -0.4 is 10.6 Å². The SMILES string of the molecule is CCNC(=O)P(CC)c1ccc(Cl)cc1. The lowest BCUT2D eigenvalue weighted by Gasteiger charge is -2.14. The molecule has 4 heteroatoms. The van der Waals surface area contributed by atoms with Gasteiger partial charge < -0.3 is 5.32 Å². The van der Waals surface area contributed by atoms with E-state index in [1.807, 2.05) is 38.1 Å². The molecule has 1 aromatic rings. The number of nitrogens with one attached hydrogen (secondary N) is 1. The standard InChI is InChI=1S/C11H15ClNOP/c1-3-13-11(14)15(4-2)10-7-5-9(12)6-8-10/h5-8H,3-4H2,1-2H3,(H,13,14). The first-order valence-electron chi connectivity index (χ1n) is 5.00. The topological polar surface area (TPSA) is 29.1 Å². The summed E-state index contributed by atoms with van der Waals surface area (Å²) < 4.78 is 0. The number of carbonyl (C=O) groups excluding carboxylic acids is 1. The molecule has 1 aromatic carbocycles. The average Bonchev–Trinajstić information content (AvgIpc) is 2.22. The normalized spacial score (nSPS) is 12.2. The molecule has 0 heterocycles. The van der Waals surface area contributed by atoms with Crippen LogP contribution in [0.1, 0.15) is 13.8 Å². The van der Waals surface area contributed by atoms with Crippen LogP contribution in [-0.4, -0.2) is 18.4 Å². The van der Waals surface area contributed by atoms with E-state index in [1.54, 1.807) is 0 Å². The molecule has 1 amide bonds. The highest BCUT2D eigenvalue weighted by Crippen LogP contribution is 2.34. The molecule has 0 saturated carbocycles. The molecule has 1 atom stereocenters. The number of carbonyl (C=O) groups is 1. The fraction of sp³-hybridized carbons (Fsp3) is 0.364. The molecular weight excluding hydrogens is 229 g/mol. The third-order valence-electron chi connectivity index (χ3n) is 2.03. The third kappa shape index (κ3) is 3.48. The van der Waals surface area contributed by atoms with Crippen molar-refractivity contribution in [2.24, 2.45) is 0 Å². The van der Waals surface area contributed by atoms with Crippen molar-refractivity contribution in [2.75, 3.05) is 12.7 Å². The van der Waals surface area contributed by atoms with E-state index in [0.29, 0.717) is 11.6 Å². The number of rotatable bonds is 4. The van der Waals surface area contributed by atoms with Gasteiger partial charge in [0.1, 0.15) is 0 Å². The van der Waals surface area contributed by atoms with E-state index in [0.717, 1.165) is 11.5 Å². The fourth-order valence-electron chi connectivity index (χ4n) is 1.31. The number of hydrogen-bond acceptors (Lipinski definition) is 1. The summed E-state index contributed by atoms with van der Waals surface area (Å²) in [5.74, 6) is 0. The summed E-state index contributed by atoms with van der Waals surface area (Å²) in [6, 6.07) is 7.54. The Kier molecular flexibility index (Phi) is 5.07. The Balaban J connectivity index is 2.82. The smallest absolute Gasteiger partial charge is 0.245 e. The first-order chi connectivity index (χ1) is 7.19. The second-order valence-corrected chi connectivity index (χ2v) is 5.90. The van der Waals surface area contributed by atoms with Crippen LogP contribution in [0.5, 0.6) is 0 Å². The molecule has 2 nitrogen and oxygen atoms in total. The highest BCUT2D eigenvalue weighted by atomic mass is 35.5. The minimum absolute atomic E-state index is 0.150. The van der Waals surface area contributed by atoms with Gasteiger partial charge in [-0.05, 0) is 30.5 Å². The minimum Gasteiger partial charge on any atom is -0.353 e. The van der Waals surface area contributed by atoms with E-state index in [1.165, 1.54) is 0 Å². The first kappa shape index (κ1) is 12.5. The summed E-state index contributed by atoms with van der Waals surface area (Å²) in [7, 11) is -0.742. The second kappa shape index (κ2) is 6.09. The van der Waals surface area contributed by atoms with Crippen LogP contribution in [0.15, 0.2) is 24.3 Å². The Morgan fingerprint density at radius 2 is 1.93 bits per heavy atom. The highest BCUT2D eigenvalue weighted by molar-refractivity contribution is 7.81. The Morgan fingerprint density at radius 1 is 1.33 bits per heavy atom. The monoisotopic (exact) mass is 243 g/mol. The summed E-state index contributed by atoms with van der Waals surface area (Å²) >= 11 is 5.81. The lowest BCUT2D eigenvalue weighted by atomic mass is 10.4. The molecule has 1 N–H and O–H groups in total. The maximum Gasteiger partial charge on any atom is 0.245 e. The maximum absolute atomic E-state index is 11.7. The lowest BCUT2D eigenvalue weighted by molar-refractivity contribution is 0.260. The Bertz CT molecular complexity index is 326. The number of benzene rings is 1. The summed E-state index contributed by atoms with van der Waals surface area (Å²) in [5, 5.41) is 4.66. The molecule has 82 valence electrons. The van der Waals surface area contributed by atoms with Crippen LogP contribution in [0.4, 0.5) is 4.79 Å². The first-order valence-corrected chi connectivity index (χ1v) is 6.90. The van der Waals surface area contributed by atoms with Crippen molar-refractivity contribution in [1.29, 1.82) is 0 Å². The van der Waals surface area contributed by atoms with Crippen molar-refractivity contribution >= 4 is 30.5 Å². The van der Waals surface area contributed by atoms with E-state index in [9.17, 15) is 4.79 Å². The van der Waals surface area contributed by atoms with E-state index in [4.69, 9.17) is 11.6 Å². The van der Waals surface area contributed by atoms with Gasteiger partial charge in [-0.25, -0.2) is 0 Å². The fourth-order valence-corrected chi connectivity index (χ4v) is 3.18. The molecule has 0 aromatic heterocycles. The van der Waals surface area contributed by atoms with Crippen molar-refractivity contribution in [3.63, 3.8) is 0 Å². The van der Waals surface area contributed by atoms with Crippen LogP contribution in [-0.2, 0) is 0 Å². The van der Waals surface area contributed by atoms with Crippen molar-refractivity contribution in [3.8, 4) is 0 Å². The number of hydrogen-bond donors (Lipinski definition) is 1. The summed E-state index contributed by atoms with van der Waals surface area (Å²) in [6.45, 7) is 4.66. The van der Waals surface area contributed by atoms with Crippen LogP contribution in [0, 0.1) is 0 Å². The predicted octanol–water partition coefficient (Wildman–Crippen LogP) is 3.20. The van der Waals surface area contributed by atoms with Gasteiger partial charge in [0.2, 0.25) is 5.65 Å². The molecule has 0 aliphatic rings. The van der Waals surface area contributed by atoms with E-state index < -0.39 is 7.92 Å². The van der Waals surface area contributed by atoms with E-state index >= 15 is 0 Å². The Morgan fingerprint density at radius 3 is 2.40 bits per heavy atom.